The summed E-state index contributed by atoms with van der Waals surface area (Å²) in [5.74, 6) is 0.677. The third-order valence-electron chi connectivity index (χ3n) is 2.42. The maximum atomic E-state index is 10.5. The molecule has 0 aliphatic heterocycles. The van der Waals surface area contributed by atoms with Crippen molar-refractivity contribution in [1.82, 2.24) is 0 Å². The molecule has 0 aliphatic rings. The summed E-state index contributed by atoms with van der Waals surface area (Å²) in [5, 5.41) is 12.7. The summed E-state index contributed by atoms with van der Waals surface area (Å²) in [5.41, 5.74) is 0.330. The summed E-state index contributed by atoms with van der Waals surface area (Å²) < 4.78 is 5.51. The molecule has 0 amide bonds. The predicted octanol–water partition coefficient (Wildman–Crippen LogP) is 1.73. The Hall–Kier alpha value is -1.62. The molecule has 2 N–H and O–H groups in total. The summed E-state index contributed by atoms with van der Waals surface area (Å²) in [6, 6.07) is 6.17. The van der Waals surface area contributed by atoms with E-state index in [9.17, 15) is 10.1 Å². The minimum Gasteiger partial charge on any atom is -0.493 e. The van der Waals surface area contributed by atoms with Crippen molar-refractivity contribution in [3.05, 3.63) is 34.4 Å². The molecule has 18 heavy (non-hydrogen) atoms. The number of nitrogens with two attached hydrogens (primary N) is 1. The first-order chi connectivity index (χ1) is 8.38. The van der Waals surface area contributed by atoms with E-state index in [2.05, 4.69) is 26.1 Å². The van der Waals surface area contributed by atoms with Crippen LogP contribution in [0.25, 0.3) is 0 Å². The molecule has 0 aliphatic carbocycles. The highest BCUT2D eigenvalue weighted by atomic mass is 16.6. The zero-order chi connectivity index (χ0) is 13.6. The van der Waals surface area contributed by atoms with Gasteiger partial charge in [-0.25, -0.2) is 0 Å². The Kier molecular flexibility index (Phi) is 5.09. The number of hydrogen-bond donors (Lipinski definition) is 1. The van der Waals surface area contributed by atoms with E-state index in [4.69, 9.17) is 4.74 Å². The molecule has 0 fully saturated rings. The second kappa shape index (κ2) is 6.35. The van der Waals surface area contributed by atoms with Crippen LogP contribution in [0.4, 0.5) is 5.69 Å². The van der Waals surface area contributed by atoms with E-state index in [-0.39, 0.29) is 11.2 Å². The van der Waals surface area contributed by atoms with E-state index in [0.717, 1.165) is 13.0 Å². The van der Waals surface area contributed by atoms with Gasteiger partial charge < -0.3 is 10.1 Å². The highest BCUT2D eigenvalue weighted by Crippen LogP contribution is 2.17. The summed E-state index contributed by atoms with van der Waals surface area (Å²) in [7, 11) is 0. The van der Waals surface area contributed by atoms with Gasteiger partial charge in [0, 0.05) is 18.6 Å². The number of hydrogen-bond acceptors (Lipinski definition) is 3. The van der Waals surface area contributed by atoms with E-state index in [1.807, 2.05) is 0 Å². The Morgan fingerprint density at radius 3 is 2.39 bits per heavy atom. The van der Waals surface area contributed by atoms with Gasteiger partial charge in [-0.2, -0.15) is 0 Å². The highest BCUT2D eigenvalue weighted by molar-refractivity contribution is 5.35. The first-order valence-electron chi connectivity index (χ1n) is 6.10. The lowest BCUT2D eigenvalue weighted by atomic mass is 10.1. The monoisotopic (exact) mass is 253 g/mol. The van der Waals surface area contributed by atoms with Gasteiger partial charge in [-0.15, -0.1) is 0 Å². The molecule has 0 saturated heterocycles. The molecule has 1 aromatic carbocycles. The van der Waals surface area contributed by atoms with Gasteiger partial charge in [0.1, 0.15) is 5.75 Å². The second-order valence-electron chi connectivity index (χ2n) is 5.31. The normalized spacial score (nSPS) is 11.3. The first kappa shape index (κ1) is 14.4. The van der Waals surface area contributed by atoms with Crippen molar-refractivity contribution in [2.45, 2.75) is 32.7 Å². The molecule has 0 atom stereocenters. The molecular formula is C13H21N2O3+. The fourth-order valence-corrected chi connectivity index (χ4v) is 1.47. The van der Waals surface area contributed by atoms with Crippen LogP contribution in [0.1, 0.15) is 27.2 Å². The van der Waals surface area contributed by atoms with Crippen molar-refractivity contribution in [3.63, 3.8) is 0 Å². The van der Waals surface area contributed by atoms with Crippen LogP contribution in [0.5, 0.6) is 5.75 Å². The number of nitrogens with zero attached hydrogens (tertiary/aromatic N) is 1. The molecule has 0 spiro atoms. The van der Waals surface area contributed by atoms with Crippen LogP contribution in [0.15, 0.2) is 24.3 Å². The van der Waals surface area contributed by atoms with Crippen molar-refractivity contribution >= 4 is 5.69 Å². The van der Waals surface area contributed by atoms with Crippen LogP contribution in [0.3, 0.4) is 0 Å². The van der Waals surface area contributed by atoms with Crippen molar-refractivity contribution in [1.29, 1.82) is 0 Å². The van der Waals surface area contributed by atoms with Crippen LogP contribution < -0.4 is 10.1 Å². The van der Waals surface area contributed by atoms with Crippen LogP contribution in [-0.2, 0) is 0 Å². The van der Waals surface area contributed by atoms with Crippen molar-refractivity contribution in [3.8, 4) is 5.75 Å². The third kappa shape index (κ3) is 5.63. The number of nitro benzene ring substituents is 1. The standard InChI is InChI=1S/C13H20N2O3/c1-13(2,3)14-9-4-10-18-12-7-5-11(6-8-12)15(16)17/h5-8,14H,4,9-10H2,1-3H3/p+1. The van der Waals surface area contributed by atoms with Gasteiger partial charge in [-0.1, -0.05) is 0 Å². The minimum atomic E-state index is -0.415. The SMILES string of the molecule is CC(C)(C)[NH2+]CCCOc1ccc([N+](=O)[O-])cc1. The average Bonchev–Trinajstić information content (AvgIpc) is 2.27. The smallest absolute Gasteiger partial charge is 0.269 e. The van der Waals surface area contributed by atoms with Crippen molar-refractivity contribution in [2.75, 3.05) is 13.2 Å². The zero-order valence-electron chi connectivity index (χ0n) is 11.2. The predicted molar refractivity (Wildman–Crippen MR) is 69.8 cm³/mol. The van der Waals surface area contributed by atoms with Crippen LogP contribution in [0, 0.1) is 10.1 Å². The number of nitro groups is 1. The van der Waals surface area contributed by atoms with Gasteiger partial charge in [-0.3, -0.25) is 10.1 Å². The van der Waals surface area contributed by atoms with Gasteiger partial charge in [0.15, 0.2) is 0 Å². The average molecular weight is 253 g/mol. The van der Waals surface area contributed by atoms with Gasteiger partial charge >= 0.3 is 0 Å². The van der Waals surface area contributed by atoms with Crippen molar-refractivity contribution < 1.29 is 15.0 Å². The summed E-state index contributed by atoms with van der Waals surface area (Å²) in [4.78, 5) is 10.1. The zero-order valence-corrected chi connectivity index (χ0v) is 11.2. The van der Waals surface area contributed by atoms with Crippen LogP contribution >= 0.6 is 0 Å². The Morgan fingerprint density at radius 2 is 1.89 bits per heavy atom. The highest BCUT2D eigenvalue weighted by Gasteiger charge is 2.11. The Morgan fingerprint density at radius 1 is 1.28 bits per heavy atom. The summed E-state index contributed by atoms with van der Waals surface area (Å²) in [6.07, 6.45) is 0.953. The molecule has 5 heteroatoms. The van der Waals surface area contributed by atoms with Gasteiger partial charge in [-0.05, 0) is 32.9 Å². The largest absolute Gasteiger partial charge is 0.493 e. The topological polar surface area (TPSA) is 69.0 Å². The molecule has 0 aromatic heterocycles. The molecule has 1 aromatic rings. The lowest BCUT2D eigenvalue weighted by molar-refractivity contribution is -0.717. The molecule has 100 valence electrons. The maximum Gasteiger partial charge on any atom is 0.269 e. The first-order valence-corrected chi connectivity index (χ1v) is 6.10. The quantitative estimate of drug-likeness (QED) is 0.477. The number of quaternary nitrogens is 1. The van der Waals surface area contributed by atoms with Crippen LogP contribution in [0.2, 0.25) is 0 Å². The second-order valence-corrected chi connectivity index (χ2v) is 5.31. The van der Waals surface area contributed by atoms with Crippen LogP contribution in [-0.4, -0.2) is 23.6 Å². The van der Waals surface area contributed by atoms with Gasteiger partial charge in [0.2, 0.25) is 0 Å². The molecular weight excluding hydrogens is 232 g/mol. The molecule has 0 bridgehead atoms. The van der Waals surface area contributed by atoms with E-state index in [0.29, 0.717) is 12.4 Å². The Bertz CT molecular complexity index is 382. The molecule has 0 saturated carbocycles. The Balaban J connectivity index is 2.25. The third-order valence-corrected chi connectivity index (χ3v) is 2.42. The van der Waals surface area contributed by atoms with E-state index in [1.54, 1.807) is 12.1 Å². The van der Waals surface area contributed by atoms with E-state index >= 15 is 0 Å². The van der Waals surface area contributed by atoms with E-state index in [1.165, 1.54) is 12.1 Å². The lowest BCUT2D eigenvalue weighted by Gasteiger charge is -2.16. The molecule has 0 unspecified atom stereocenters. The van der Waals surface area contributed by atoms with E-state index < -0.39 is 4.92 Å². The number of benzene rings is 1. The van der Waals surface area contributed by atoms with Gasteiger partial charge in [0.25, 0.3) is 5.69 Å². The number of non-ortho nitro benzene ring substituents is 1. The lowest BCUT2D eigenvalue weighted by Crippen LogP contribution is -2.94. The molecule has 0 radical (unpaired) electrons. The Labute approximate surface area is 107 Å². The molecule has 0 heterocycles. The van der Waals surface area contributed by atoms with Gasteiger partial charge in [0.05, 0.1) is 23.6 Å². The fraction of sp³-hybridized carbons (Fsp3) is 0.538. The summed E-state index contributed by atoms with van der Waals surface area (Å²) >= 11 is 0. The number of rotatable bonds is 6. The minimum absolute atomic E-state index is 0.0865. The fourth-order valence-electron chi connectivity index (χ4n) is 1.47. The maximum absolute atomic E-state index is 10.5. The molecule has 5 nitrogen and oxygen atoms in total. The van der Waals surface area contributed by atoms with Crippen molar-refractivity contribution in [2.24, 2.45) is 0 Å². The summed E-state index contributed by atoms with van der Waals surface area (Å²) in [6.45, 7) is 8.15. The number of ether oxygens (including phenoxy) is 1. The molecule has 1 rings (SSSR count).